The lowest BCUT2D eigenvalue weighted by atomic mass is 10.2. The molecule has 1 aliphatic heterocycles. The first-order valence-corrected chi connectivity index (χ1v) is 10.1. The Labute approximate surface area is 179 Å². The maximum atomic E-state index is 12.2. The number of nitrogens with zero attached hydrogens (tertiary/aromatic N) is 4. The van der Waals surface area contributed by atoms with Gasteiger partial charge in [0.15, 0.2) is 5.96 Å². The average Bonchev–Trinajstić information content (AvgIpc) is 2.76. The Bertz CT molecular complexity index is 864. The first kappa shape index (κ1) is 22.7. The smallest absolute Gasteiger partial charge is 0.406 e. The summed E-state index contributed by atoms with van der Waals surface area (Å²) in [6, 6.07) is 9.52. The Kier molecular flexibility index (Phi) is 7.56. The van der Waals surface area contributed by atoms with Gasteiger partial charge in [0.1, 0.15) is 11.6 Å². The molecule has 1 aromatic carbocycles. The molecule has 7 nitrogen and oxygen atoms in total. The van der Waals surface area contributed by atoms with Crippen molar-refractivity contribution in [2.75, 3.05) is 37.6 Å². The second-order valence-electron chi connectivity index (χ2n) is 7.19. The van der Waals surface area contributed by atoms with Gasteiger partial charge in [-0.3, -0.25) is 0 Å². The molecule has 1 aliphatic rings. The van der Waals surface area contributed by atoms with Gasteiger partial charge in [0, 0.05) is 38.9 Å². The second-order valence-corrected chi connectivity index (χ2v) is 7.19. The first-order chi connectivity index (χ1) is 14.8. The highest BCUT2D eigenvalue weighted by Crippen LogP contribution is 2.22. The predicted octanol–water partition coefficient (Wildman–Crippen LogP) is 2.73. The predicted molar refractivity (Wildman–Crippen MR) is 114 cm³/mol. The molecule has 1 fully saturated rings. The van der Waals surface area contributed by atoms with Crippen LogP contribution in [0.5, 0.6) is 5.75 Å². The number of hydrogen-bond donors (Lipinski definition) is 2. The number of pyridine rings is 1. The fraction of sp³-hybridized carbons (Fsp3) is 0.429. The molecular weight excluding hydrogens is 409 g/mol. The van der Waals surface area contributed by atoms with Gasteiger partial charge in [-0.15, -0.1) is 13.2 Å². The van der Waals surface area contributed by atoms with Gasteiger partial charge < -0.3 is 25.6 Å². The molecule has 10 heteroatoms. The zero-order valence-electron chi connectivity index (χ0n) is 17.4. The second kappa shape index (κ2) is 10.3. The minimum atomic E-state index is -4.70. The topological polar surface area (TPSA) is 79.0 Å². The fourth-order valence-electron chi connectivity index (χ4n) is 3.26. The highest BCUT2D eigenvalue weighted by atomic mass is 19.4. The standard InChI is InChI=1S/C21H27F3N6O/c1-2-29-9-11-30(12-10-29)19-13-17(7-8-26-19)15-28-20(25)27-14-16-3-5-18(6-4-16)31-21(22,23)24/h3-8,13H,2,9-12,14-15H2,1H3,(H3,25,27,28). The number of likely N-dealkylation sites (N-methyl/N-ethyl adjacent to an activating group) is 1. The van der Waals surface area contributed by atoms with Crippen LogP contribution in [0.4, 0.5) is 19.0 Å². The lowest BCUT2D eigenvalue weighted by Crippen LogP contribution is -2.46. The molecule has 0 unspecified atom stereocenters. The van der Waals surface area contributed by atoms with E-state index in [4.69, 9.17) is 5.73 Å². The van der Waals surface area contributed by atoms with Crippen molar-refractivity contribution in [3.8, 4) is 5.75 Å². The van der Waals surface area contributed by atoms with E-state index in [1.54, 1.807) is 6.20 Å². The van der Waals surface area contributed by atoms with E-state index in [-0.39, 0.29) is 11.7 Å². The van der Waals surface area contributed by atoms with Gasteiger partial charge in [-0.1, -0.05) is 19.1 Å². The molecule has 168 valence electrons. The van der Waals surface area contributed by atoms with E-state index in [1.807, 2.05) is 12.1 Å². The molecule has 1 aromatic heterocycles. The minimum absolute atomic E-state index is 0.255. The monoisotopic (exact) mass is 436 g/mol. The molecule has 0 saturated carbocycles. The van der Waals surface area contributed by atoms with Crippen molar-refractivity contribution in [1.82, 2.24) is 15.2 Å². The molecule has 3 N–H and O–H groups in total. The number of hydrogen-bond acceptors (Lipinski definition) is 5. The highest BCUT2D eigenvalue weighted by molar-refractivity contribution is 5.77. The largest absolute Gasteiger partial charge is 0.573 e. The maximum absolute atomic E-state index is 12.2. The number of benzene rings is 1. The summed E-state index contributed by atoms with van der Waals surface area (Å²) in [4.78, 5) is 13.5. The molecule has 1 saturated heterocycles. The van der Waals surface area contributed by atoms with E-state index < -0.39 is 6.36 Å². The number of aromatic nitrogens is 1. The van der Waals surface area contributed by atoms with E-state index >= 15 is 0 Å². The van der Waals surface area contributed by atoms with Gasteiger partial charge in [-0.25, -0.2) is 9.98 Å². The van der Waals surface area contributed by atoms with E-state index in [0.717, 1.165) is 49.7 Å². The van der Waals surface area contributed by atoms with Crippen molar-refractivity contribution < 1.29 is 17.9 Å². The van der Waals surface area contributed by atoms with Gasteiger partial charge in [-0.2, -0.15) is 0 Å². The van der Waals surface area contributed by atoms with Crippen LogP contribution in [0.3, 0.4) is 0 Å². The number of ether oxygens (including phenoxy) is 1. The van der Waals surface area contributed by atoms with Crippen LogP contribution in [0.2, 0.25) is 0 Å². The molecule has 31 heavy (non-hydrogen) atoms. The quantitative estimate of drug-likeness (QED) is 0.513. The van der Waals surface area contributed by atoms with Gasteiger partial charge >= 0.3 is 6.36 Å². The molecule has 0 atom stereocenters. The summed E-state index contributed by atoms with van der Waals surface area (Å²) in [6.07, 6.45) is -2.92. The zero-order valence-corrected chi connectivity index (χ0v) is 17.4. The van der Waals surface area contributed by atoms with Crippen LogP contribution in [0, 0.1) is 0 Å². The third kappa shape index (κ3) is 7.32. The Hall–Kier alpha value is -3.01. The van der Waals surface area contributed by atoms with E-state index in [0.29, 0.717) is 13.1 Å². The minimum Gasteiger partial charge on any atom is -0.406 e. The van der Waals surface area contributed by atoms with E-state index in [9.17, 15) is 13.2 Å². The van der Waals surface area contributed by atoms with Crippen LogP contribution in [0.25, 0.3) is 0 Å². The molecule has 0 aliphatic carbocycles. The summed E-state index contributed by atoms with van der Waals surface area (Å²) in [5.74, 6) is 0.934. The van der Waals surface area contributed by atoms with Gasteiger partial charge in [0.05, 0.1) is 6.54 Å². The first-order valence-electron chi connectivity index (χ1n) is 10.1. The van der Waals surface area contributed by atoms with Gasteiger partial charge in [-0.05, 0) is 41.9 Å². The number of aliphatic imine (C=N–C) groups is 1. The summed E-state index contributed by atoms with van der Waals surface area (Å²) in [5, 5.41) is 2.96. The lowest BCUT2D eigenvalue weighted by molar-refractivity contribution is -0.274. The Morgan fingerprint density at radius 1 is 1.13 bits per heavy atom. The highest BCUT2D eigenvalue weighted by Gasteiger charge is 2.30. The van der Waals surface area contributed by atoms with E-state index in [2.05, 4.69) is 36.8 Å². The van der Waals surface area contributed by atoms with Crippen LogP contribution >= 0.6 is 0 Å². The normalized spacial score (nSPS) is 15.7. The number of nitrogens with two attached hydrogens (primary N) is 1. The number of anilines is 1. The van der Waals surface area contributed by atoms with Crippen molar-refractivity contribution in [2.24, 2.45) is 10.7 Å². The summed E-state index contributed by atoms with van der Waals surface area (Å²) in [7, 11) is 0. The van der Waals surface area contributed by atoms with Crippen LogP contribution in [0.1, 0.15) is 18.1 Å². The number of alkyl halides is 3. The number of halogens is 3. The Morgan fingerprint density at radius 2 is 1.84 bits per heavy atom. The molecule has 2 aromatic rings. The van der Waals surface area contributed by atoms with Crippen LogP contribution < -0.4 is 20.7 Å². The third-order valence-corrected chi connectivity index (χ3v) is 5.02. The number of nitrogens with one attached hydrogen (secondary N) is 1. The van der Waals surface area contributed by atoms with Crippen molar-refractivity contribution in [1.29, 1.82) is 0 Å². The summed E-state index contributed by atoms with van der Waals surface area (Å²) in [5.41, 5.74) is 7.68. The van der Waals surface area contributed by atoms with Crippen molar-refractivity contribution in [2.45, 2.75) is 26.4 Å². The summed E-state index contributed by atoms with van der Waals surface area (Å²) in [6.45, 7) is 7.93. The van der Waals surface area contributed by atoms with E-state index in [1.165, 1.54) is 24.3 Å². The van der Waals surface area contributed by atoms with Gasteiger partial charge in [0.2, 0.25) is 0 Å². The molecular formula is C21H27F3N6O. The number of guanidine groups is 1. The summed E-state index contributed by atoms with van der Waals surface area (Å²) < 4.78 is 40.5. The zero-order chi connectivity index (χ0) is 22.3. The Balaban J connectivity index is 1.49. The maximum Gasteiger partial charge on any atom is 0.573 e. The number of piperazine rings is 1. The van der Waals surface area contributed by atoms with Crippen LogP contribution in [-0.4, -0.2) is 54.9 Å². The SMILES string of the molecule is CCN1CCN(c2cc(CN=C(N)NCc3ccc(OC(F)(F)F)cc3)ccn2)CC1. The summed E-state index contributed by atoms with van der Waals surface area (Å²) >= 11 is 0. The fourth-order valence-corrected chi connectivity index (χ4v) is 3.26. The Morgan fingerprint density at radius 3 is 2.48 bits per heavy atom. The molecule has 0 amide bonds. The number of rotatable bonds is 7. The molecule has 0 radical (unpaired) electrons. The van der Waals surface area contributed by atoms with Crippen molar-refractivity contribution in [3.63, 3.8) is 0 Å². The average molecular weight is 436 g/mol. The van der Waals surface area contributed by atoms with Crippen molar-refractivity contribution in [3.05, 3.63) is 53.7 Å². The molecule has 2 heterocycles. The third-order valence-electron chi connectivity index (χ3n) is 5.02. The van der Waals surface area contributed by atoms with Gasteiger partial charge in [0.25, 0.3) is 0 Å². The van der Waals surface area contributed by atoms with Crippen LogP contribution in [-0.2, 0) is 13.1 Å². The van der Waals surface area contributed by atoms with Crippen molar-refractivity contribution >= 4 is 11.8 Å². The lowest BCUT2D eigenvalue weighted by Gasteiger charge is -2.34. The molecule has 3 rings (SSSR count). The molecule has 0 bridgehead atoms. The molecule has 0 spiro atoms. The van der Waals surface area contributed by atoms with Crippen LogP contribution in [0.15, 0.2) is 47.6 Å².